The summed E-state index contributed by atoms with van der Waals surface area (Å²) in [5, 5.41) is 9.31. The van der Waals surface area contributed by atoms with Gasteiger partial charge >= 0.3 is 12.1 Å². The second-order valence-corrected chi connectivity index (χ2v) is 7.55. The lowest BCUT2D eigenvalue weighted by Gasteiger charge is -2.36. The first-order chi connectivity index (χ1) is 13.2. The molecular formula is C20H28N4O4. The van der Waals surface area contributed by atoms with Crippen LogP contribution in [0.1, 0.15) is 27.2 Å². The van der Waals surface area contributed by atoms with Crippen LogP contribution in [0.4, 0.5) is 16.2 Å². The minimum atomic E-state index is -0.496. The van der Waals surface area contributed by atoms with E-state index in [1.54, 1.807) is 4.90 Å². The molecule has 1 fully saturated rings. The summed E-state index contributed by atoms with van der Waals surface area (Å²) < 4.78 is 10.0. The number of hydrogen-bond acceptors (Lipinski definition) is 7. The summed E-state index contributed by atoms with van der Waals surface area (Å²) in [4.78, 5) is 28.8. The number of methoxy groups -OCH3 is 1. The Morgan fingerprint density at radius 3 is 2.25 bits per heavy atom. The second kappa shape index (κ2) is 9.31. The molecule has 0 unspecified atom stereocenters. The molecular weight excluding hydrogens is 360 g/mol. The van der Waals surface area contributed by atoms with Crippen LogP contribution in [0.5, 0.6) is 0 Å². The Labute approximate surface area is 166 Å². The van der Waals surface area contributed by atoms with Crippen LogP contribution < -0.4 is 9.80 Å². The van der Waals surface area contributed by atoms with Crippen molar-refractivity contribution in [1.82, 2.24) is 4.90 Å². The number of ether oxygens (including phenoxy) is 2. The summed E-state index contributed by atoms with van der Waals surface area (Å²) in [5.74, 6) is -0.347. The standard InChI is InChI=1S/C20H28N4O4/c1-20(2,3)28-19(26)23-13-11-22(12-14-23)16-5-7-17(8-6-16)24(15-21)10-9-18(25)27-4/h5-8H,9-14H2,1-4H3. The number of anilines is 2. The molecule has 0 bridgehead atoms. The number of piperazine rings is 1. The normalized spacial score (nSPS) is 14.2. The van der Waals surface area contributed by atoms with E-state index in [-0.39, 0.29) is 25.0 Å². The van der Waals surface area contributed by atoms with Gasteiger partial charge in [-0.2, -0.15) is 5.26 Å². The van der Waals surface area contributed by atoms with E-state index >= 15 is 0 Å². The number of carbonyl (C=O) groups excluding carboxylic acids is 2. The number of esters is 1. The van der Waals surface area contributed by atoms with Crippen molar-refractivity contribution in [2.24, 2.45) is 0 Å². The minimum Gasteiger partial charge on any atom is -0.469 e. The van der Waals surface area contributed by atoms with Crippen molar-refractivity contribution in [3.05, 3.63) is 24.3 Å². The minimum absolute atomic E-state index is 0.151. The van der Waals surface area contributed by atoms with E-state index in [4.69, 9.17) is 4.74 Å². The van der Waals surface area contributed by atoms with Crippen LogP contribution in [-0.4, -0.2) is 62.4 Å². The lowest BCUT2D eigenvalue weighted by atomic mass is 10.2. The molecule has 1 aliphatic rings. The highest BCUT2D eigenvalue weighted by Crippen LogP contribution is 2.22. The van der Waals surface area contributed by atoms with Crippen LogP contribution >= 0.6 is 0 Å². The molecule has 1 aromatic carbocycles. The van der Waals surface area contributed by atoms with Gasteiger partial charge in [-0.25, -0.2) is 4.79 Å². The van der Waals surface area contributed by atoms with Gasteiger partial charge in [-0.05, 0) is 45.0 Å². The second-order valence-electron chi connectivity index (χ2n) is 7.55. The molecule has 0 aliphatic carbocycles. The fraction of sp³-hybridized carbons (Fsp3) is 0.550. The molecule has 1 aromatic rings. The maximum absolute atomic E-state index is 12.2. The molecule has 2 rings (SSSR count). The molecule has 1 amide bonds. The molecule has 0 atom stereocenters. The van der Waals surface area contributed by atoms with Crippen LogP contribution in [0.3, 0.4) is 0 Å². The number of nitrogens with zero attached hydrogens (tertiary/aromatic N) is 4. The van der Waals surface area contributed by atoms with Gasteiger partial charge in [0, 0.05) is 38.4 Å². The van der Waals surface area contributed by atoms with E-state index in [1.807, 2.05) is 45.0 Å². The summed E-state index contributed by atoms with van der Waals surface area (Å²) in [6.07, 6.45) is 1.96. The highest BCUT2D eigenvalue weighted by atomic mass is 16.6. The van der Waals surface area contributed by atoms with Gasteiger partial charge in [0.2, 0.25) is 0 Å². The van der Waals surface area contributed by atoms with Gasteiger partial charge in [0.25, 0.3) is 0 Å². The van der Waals surface area contributed by atoms with Gasteiger partial charge in [0.15, 0.2) is 6.19 Å². The van der Waals surface area contributed by atoms with Crippen LogP contribution in [0.15, 0.2) is 24.3 Å². The smallest absolute Gasteiger partial charge is 0.410 e. The van der Waals surface area contributed by atoms with E-state index in [1.165, 1.54) is 12.0 Å². The molecule has 0 spiro atoms. The molecule has 0 aromatic heterocycles. The number of hydrogen-bond donors (Lipinski definition) is 0. The summed E-state index contributed by atoms with van der Waals surface area (Å²) in [6, 6.07) is 7.61. The van der Waals surface area contributed by atoms with E-state index < -0.39 is 5.60 Å². The number of amides is 1. The van der Waals surface area contributed by atoms with Crippen molar-refractivity contribution < 1.29 is 19.1 Å². The zero-order chi connectivity index (χ0) is 20.7. The fourth-order valence-corrected chi connectivity index (χ4v) is 2.86. The van der Waals surface area contributed by atoms with E-state index in [2.05, 4.69) is 15.8 Å². The van der Waals surface area contributed by atoms with Crippen molar-refractivity contribution in [3.8, 4) is 6.19 Å². The SMILES string of the molecule is COC(=O)CCN(C#N)c1ccc(N2CCN(C(=O)OC(C)(C)C)CC2)cc1. The van der Waals surface area contributed by atoms with Crippen LogP contribution in [0.2, 0.25) is 0 Å². The summed E-state index contributed by atoms with van der Waals surface area (Å²) in [6.45, 7) is 8.47. The third-order valence-corrected chi connectivity index (χ3v) is 4.35. The summed E-state index contributed by atoms with van der Waals surface area (Å²) in [7, 11) is 1.33. The lowest BCUT2D eigenvalue weighted by molar-refractivity contribution is -0.140. The summed E-state index contributed by atoms with van der Waals surface area (Å²) in [5.41, 5.74) is 1.26. The monoisotopic (exact) mass is 388 g/mol. The third kappa shape index (κ3) is 6.05. The Morgan fingerprint density at radius 2 is 1.75 bits per heavy atom. The van der Waals surface area contributed by atoms with Gasteiger partial charge in [-0.15, -0.1) is 0 Å². The highest BCUT2D eigenvalue weighted by molar-refractivity contribution is 5.70. The summed E-state index contributed by atoms with van der Waals surface area (Å²) >= 11 is 0. The van der Waals surface area contributed by atoms with Crippen LogP contribution in [0, 0.1) is 11.5 Å². The average Bonchev–Trinajstić information content (AvgIpc) is 2.67. The molecule has 0 radical (unpaired) electrons. The molecule has 0 saturated carbocycles. The van der Waals surface area contributed by atoms with E-state index in [0.29, 0.717) is 26.2 Å². The predicted octanol–water partition coefficient (Wildman–Crippen LogP) is 2.59. The first-order valence-corrected chi connectivity index (χ1v) is 9.30. The third-order valence-electron chi connectivity index (χ3n) is 4.35. The average molecular weight is 388 g/mol. The van der Waals surface area contributed by atoms with Gasteiger partial charge in [-0.1, -0.05) is 0 Å². The van der Waals surface area contributed by atoms with Crippen LogP contribution in [-0.2, 0) is 14.3 Å². The molecule has 8 nitrogen and oxygen atoms in total. The van der Waals surface area contributed by atoms with Crippen molar-refractivity contribution >= 4 is 23.4 Å². The van der Waals surface area contributed by atoms with Crippen LogP contribution in [0.25, 0.3) is 0 Å². The first-order valence-electron chi connectivity index (χ1n) is 9.30. The predicted molar refractivity (Wildman–Crippen MR) is 106 cm³/mol. The quantitative estimate of drug-likeness (QED) is 0.435. The number of carbonyl (C=O) groups is 2. The number of benzene rings is 1. The van der Waals surface area contributed by atoms with Crippen molar-refractivity contribution in [1.29, 1.82) is 5.26 Å². The zero-order valence-electron chi connectivity index (χ0n) is 17.0. The van der Waals surface area contributed by atoms with Crippen molar-refractivity contribution in [2.75, 3.05) is 49.6 Å². The maximum Gasteiger partial charge on any atom is 0.410 e. The molecule has 1 saturated heterocycles. The Morgan fingerprint density at radius 1 is 1.14 bits per heavy atom. The maximum atomic E-state index is 12.2. The Bertz CT molecular complexity index is 713. The Hall–Kier alpha value is -2.95. The Balaban J connectivity index is 1.91. The zero-order valence-corrected chi connectivity index (χ0v) is 17.0. The largest absolute Gasteiger partial charge is 0.469 e. The fourth-order valence-electron chi connectivity index (χ4n) is 2.86. The first kappa shape index (κ1) is 21.4. The molecule has 1 aliphatic heterocycles. The molecule has 28 heavy (non-hydrogen) atoms. The number of nitriles is 1. The van der Waals surface area contributed by atoms with Gasteiger partial charge in [0.05, 0.1) is 19.2 Å². The number of rotatable bonds is 5. The van der Waals surface area contributed by atoms with E-state index in [9.17, 15) is 14.9 Å². The van der Waals surface area contributed by atoms with Gasteiger partial charge in [0.1, 0.15) is 5.60 Å². The molecule has 152 valence electrons. The van der Waals surface area contributed by atoms with E-state index in [0.717, 1.165) is 11.4 Å². The molecule has 0 N–H and O–H groups in total. The van der Waals surface area contributed by atoms with Gasteiger partial charge < -0.3 is 19.3 Å². The molecule has 8 heteroatoms. The van der Waals surface area contributed by atoms with Crippen molar-refractivity contribution in [3.63, 3.8) is 0 Å². The van der Waals surface area contributed by atoms with Crippen molar-refractivity contribution in [2.45, 2.75) is 32.8 Å². The lowest BCUT2D eigenvalue weighted by Crippen LogP contribution is -2.50. The topological polar surface area (TPSA) is 86.1 Å². The highest BCUT2D eigenvalue weighted by Gasteiger charge is 2.26. The molecule has 1 heterocycles. The Kier molecular flexibility index (Phi) is 7.10. The van der Waals surface area contributed by atoms with Gasteiger partial charge in [-0.3, -0.25) is 9.69 Å².